The summed E-state index contributed by atoms with van der Waals surface area (Å²) in [5.41, 5.74) is 2.77. The lowest BCUT2D eigenvalue weighted by Crippen LogP contribution is -2.26. The van der Waals surface area contributed by atoms with Crippen molar-refractivity contribution < 1.29 is 4.79 Å². The third-order valence-electron chi connectivity index (χ3n) is 11.8. The van der Waals surface area contributed by atoms with Gasteiger partial charge in [-0.05, 0) is 80.5 Å². The number of rotatable bonds is 9. The largest absolute Gasteiger partial charge is 0.341 e. The van der Waals surface area contributed by atoms with Gasteiger partial charge in [0.15, 0.2) is 5.78 Å². The summed E-state index contributed by atoms with van der Waals surface area (Å²) in [6.45, 7) is 4.40. The van der Waals surface area contributed by atoms with Crippen molar-refractivity contribution in [3.05, 3.63) is 139 Å². The molecular weight excluding hydrogens is 823 g/mol. The highest BCUT2D eigenvalue weighted by atomic mass is 35.5. The minimum atomic E-state index is -0.381. The highest BCUT2D eigenvalue weighted by Gasteiger charge is 2.24. The molecule has 0 radical (unpaired) electrons. The summed E-state index contributed by atoms with van der Waals surface area (Å²) < 4.78 is 7.38. The zero-order valence-corrected chi connectivity index (χ0v) is 36.0. The summed E-state index contributed by atoms with van der Waals surface area (Å²) in [6, 6.07) is 30.2. The Bertz CT molecular complexity index is 2980. The SMILES string of the molecule is O=C(Cn1nc(N2CCCCCC2)n2c3ccc(Cl)cc3c(=O)nc12)c1ccccc1.O=c1nc2n(CCCc3ccccc3)nc(N3CCCCCC3)n2c2ccc(Cl)cc12. The average Bonchev–Trinajstić information content (AvgIpc) is 3.52. The van der Waals surface area contributed by atoms with E-state index in [4.69, 9.17) is 33.4 Å². The smallest absolute Gasteiger partial charge is 0.282 e. The van der Waals surface area contributed by atoms with Gasteiger partial charge in [0, 0.05) is 48.3 Å². The first-order chi connectivity index (χ1) is 30.3. The minimum absolute atomic E-state index is 0.00684. The molecule has 0 spiro atoms. The minimum Gasteiger partial charge on any atom is -0.341 e. The first-order valence-corrected chi connectivity index (χ1v) is 22.4. The quantitative estimate of drug-likeness (QED) is 0.131. The molecule has 6 heterocycles. The molecule has 0 atom stereocenters. The fourth-order valence-electron chi connectivity index (χ4n) is 8.64. The normalized spacial score (nSPS) is 14.9. The predicted molar refractivity (Wildman–Crippen MR) is 246 cm³/mol. The number of anilines is 2. The standard InChI is InChI=1S/C24H26ClN5O.C23H22ClN5O2/c25-19-12-13-21-20(17-19)22(31)26-23-29(16-8-11-18-9-4-3-5-10-18)27-24(30(21)23)28-14-6-1-2-7-15-28;24-17-10-11-19-18(14-17)21(31)25-22-28(15-20(30)16-8-4-3-5-9-16)26-23(29(19)22)27-12-6-1-2-7-13-27/h3-5,9-10,12-13,17H,1-2,6-8,11,14-16H2;3-5,8-11,14H,1-2,6-7,12-13,15H2. The van der Waals surface area contributed by atoms with Crippen LogP contribution in [0.3, 0.4) is 0 Å². The Morgan fingerprint density at radius 2 is 1.03 bits per heavy atom. The van der Waals surface area contributed by atoms with Crippen molar-refractivity contribution in [3.63, 3.8) is 0 Å². The average molecular weight is 872 g/mol. The maximum absolute atomic E-state index is 12.9. The monoisotopic (exact) mass is 870 g/mol. The lowest BCUT2D eigenvalue weighted by molar-refractivity contribution is 0.0969. The summed E-state index contributed by atoms with van der Waals surface area (Å²) >= 11 is 12.3. The number of hydrogen-bond donors (Lipinski definition) is 0. The van der Waals surface area contributed by atoms with Gasteiger partial charge in [-0.3, -0.25) is 14.4 Å². The molecule has 318 valence electrons. The first-order valence-electron chi connectivity index (χ1n) is 21.6. The molecule has 0 aliphatic carbocycles. The number of carbonyl (C=O) groups is 1. The third kappa shape index (κ3) is 8.69. The Balaban J connectivity index is 0.000000158. The van der Waals surface area contributed by atoms with E-state index < -0.39 is 0 Å². The van der Waals surface area contributed by atoms with Crippen LogP contribution in [0.15, 0.2) is 107 Å². The fourth-order valence-corrected chi connectivity index (χ4v) is 8.98. The molecule has 8 aromatic rings. The molecule has 2 fully saturated rings. The van der Waals surface area contributed by atoms with Gasteiger partial charge in [0.2, 0.25) is 23.5 Å². The van der Waals surface area contributed by atoms with E-state index in [1.807, 2.05) is 55.9 Å². The van der Waals surface area contributed by atoms with Crippen LogP contribution in [0.1, 0.15) is 73.7 Å². The molecule has 2 aliphatic rings. The van der Waals surface area contributed by atoms with Gasteiger partial charge in [0.1, 0.15) is 6.54 Å². The second-order valence-electron chi connectivity index (χ2n) is 16.1. The van der Waals surface area contributed by atoms with Crippen LogP contribution in [0, 0.1) is 0 Å². The number of benzene rings is 4. The van der Waals surface area contributed by atoms with Gasteiger partial charge < -0.3 is 9.80 Å². The van der Waals surface area contributed by atoms with Crippen molar-refractivity contribution in [2.24, 2.45) is 0 Å². The molecule has 0 N–H and O–H groups in total. The molecule has 0 bridgehead atoms. The van der Waals surface area contributed by atoms with Crippen molar-refractivity contribution in [3.8, 4) is 0 Å². The van der Waals surface area contributed by atoms with E-state index in [0.717, 1.165) is 76.2 Å². The predicted octanol–water partition coefficient (Wildman–Crippen LogP) is 8.67. The molecule has 10 rings (SSSR count). The number of nitrogens with zero attached hydrogens (tertiary/aromatic N) is 10. The summed E-state index contributed by atoms with van der Waals surface area (Å²) in [4.78, 5) is 51.8. The van der Waals surface area contributed by atoms with Crippen molar-refractivity contribution in [1.82, 2.24) is 38.3 Å². The molecule has 4 aromatic carbocycles. The Hall–Kier alpha value is -6.05. The Labute approximate surface area is 368 Å². The highest BCUT2D eigenvalue weighted by Crippen LogP contribution is 2.27. The Morgan fingerprint density at radius 3 is 1.55 bits per heavy atom. The van der Waals surface area contributed by atoms with Crippen LogP contribution in [0.2, 0.25) is 10.0 Å². The number of fused-ring (bicyclic) bond motifs is 6. The molecule has 2 saturated heterocycles. The van der Waals surface area contributed by atoms with Gasteiger partial charge >= 0.3 is 0 Å². The van der Waals surface area contributed by atoms with E-state index >= 15 is 0 Å². The molecule has 15 heteroatoms. The van der Waals surface area contributed by atoms with Gasteiger partial charge in [0.05, 0.1) is 21.8 Å². The molecule has 0 saturated carbocycles. The first kappa shape index (κ1) is 41.3. The van der Waals surface area contributed by atoms with E-state index in [0.29, 0.717) is 55.9 Å². The van der Waals surface area contributed by atoms with Gasteiger partial charge in [-0.25, -0.2) is 18.2 Å². The molecule has 4 aromatic heterocycles. The molecule has 62 heavy (non-hydrogen) atoms. The fraction of sp³-hybridized carbons (Fsp3) is 0.340. The molecular formula is C47H48Cl2N10O3. The van der Waals surface area contributed by atoms with Crippen molar-refractivity contribution in [1.29, 1.82) is 0 Å². The maximum Gasteiger partial charge on any atom is 0.282 e. The van der Waals surface area contributed by atoms with Crippen LogP contribution >= 0.6 is 23.2 Å². The van der Waals surface area contributed by atoms with Gasteiger partial charge in [-0.2, -0.15) is 9.97 Å². The number of hydrogen-bond acceptors (Lipinski definition) is 9. The summed E-state index contributed by atoms with van der Waals surface area (Å²) in [5.74, 6) is 2.46. The van der Waals surface area contributed by atoms with Crippen LogP contribution in [-0.2, 0) is 19.5 Å². The van der Waals surface area contributed by atoms with Crippen LogP contribution < -0.4 is 20.9 Å². The summed E-state index contributed by atoms with van der Waals surface area (Å²) in [7, 11) is 0. The van der Waals surface area contributed by atoms with E-state index in [1.54, 1.807) is 35.0 Å². The number of carbonyl (C=O) groups excluding carboxylic acids is 1. The maximum atomic E-state index is 12.9. The highest BCUT2D eigenvalue weighted by molar-refractivity contribution is 6.31. The zero-order chi connectivity index (χ0) is 42.6. The van der Waals surface area contributed by atoms with Crippen molar-refractivity contribution >= 4 is 74.2 Å². The second-order valence-corrected chi connectivity index (χ2v) is 17.0. The van der Waals surface area contributed by atoms with E-state index in [9.17, 15) is 14.4 Å². The topological polar surface area (TPSA) is 128 Å². The number of ketones is 1. The Morgan fingerprint density at radius 1 is 0.565 bits per heavy atom. The van der Waals surface area contributed by atoms with E-state index in [2.05, 4.69) is 44.0 Å². The van der Waals surface area contributed by atoms with Crippen LogP contribution in [0.25, 0.3) is 33.4 Å². The van der Waals surface area contributed by atoms with Crippen LogP contribution in [0.5, 0.6) is 0 Å². The number of Topliss-reactive ketones (excluding diaryl/α,β-unsaturated/α-hetero) is 1. The number of aromatic nitrogens is 8. The van der Waals surface area contributed by atoms with Crippen molar-refractivity contribution in [2.45, 2.75) is 77.3 Å². The van der Waals surface area contributed by atoms with E-state index in [1.165, 1.54) is 31.2 Å². The van der Waals surface area contributed by atoms with Crippen LogP contribution in [-0.4, -0.2) is 70.3 Å². The van der Waals surface area contributed by atoms with Gasteiger partial charge in [0.25, 0.3) is 11.1 Å². The summed E-state index contributed by atoms with van der Waals surface area (Å²) in [6.07, 6.45) is 11.2. The zero-order valence-electron chi connectivity index (χ0n) is 34.5. The lowest BCUT2D eigenvalue weighted by atomic mass is 10.1. The molecule has 0 unspecified atom stereocenters. The molecule has 0 amide bonds. The lowest BCUT2D eigenvalue weighted by Gasteiger charge is -2.20. The number of halogens is 2. The van der Waals surface area contributed by atoms with Gasteiger partial charge in [-0.15, -0.1) is 10.2 Å². The molecule has 2 aliphatic heterocycles. The molecule has 13 nitrogen and oxygen atoms in total. The van der Waals surface area contributed by atoms with Gasteiger partial charge in [-0.1, -0.05) is 110 Å². The second kappa shape index (κ2) is 18.5. The van der Waals surface area contributed by atoms with E-state index in [-0.39, 0.29) is 23.4 Å². The third-order valence-corrected chi connectivity index (χ3v) is 12.3. The summed E-state index contributed by atoms with van der Waals surface area (Å²) in [5, 5.41) is 11.7. The van der Waals surface area contributed by atoms with Crippen LogP contribution in [0.4, 0.5) is 11.9 Å². The number of aryl methyl sites for hydroxylation is 2. The van der Waals surface area contributed by atoms with Crippen molar-refractivity contribution in [2.75, 3.05) is 36.0 Å². The Kier molecular flexibility index (Phi) is 12.3.